The number of benzene rings is 2. The first-order valence-electron chi connectivity index (χ1n) is 12.1. The van der Waals surface area contributed by atoms with Gasteiger partial charge in [-0.2, -0.15) is 0 Å². The predicted octanol–water partition coefficient (Wildman–Crippen LogP) is 6.30. The third-order valence-corrected chi connectivity index (χ3v) is 7.12. The van der Waals surface area contributed by atoms with Crippen LogP contribution in [0.25, 0.3) is 10.9 Å². The molecule has 0 spiro atoms. The number of fused-ring (bicyclic) bond motifs is 1. The largest absolute Gasteiger partial charge is 0.381 e. The smallest absolute Gasteiger partial charge is 0.319 e. The van der Waals surface area contributed by atoms with Gasteiger partial charge >= 0.3 is 6.03 Å². The molecule has 2 aromatic carbocycles. The van der Waals surface area contributed by atoms with Gasteiger partial charge in [0.2, 0.25) is 0 Å². The Morgan fingerprint density at radius 1 is 1.00 bits per heavy atom. The van der Waals surface area contributed by atoms with E-state index in [1.165, 1.54) is 27.6 Å². The highest BCUT2D eigenvalue weighted by molar-refractivity contribution is 5.91. The zero-order chi connectivity index (χ0) is 23.6. The summed E-state index contributed by atoms with van der Waals surface area (Å²) < 4.78 is 7.91. The number of carbonyl (C=O) groups is 1. The molecule has 3 aromatic rings. The SMILES string of the molecule is CC(C)c1cccc(C(C)C)c1NC(=O)NCC1(c2cn(C)c3ccccc23)CCOCC1. The Bertz CT molecular complexity index is 1100. The van der Waals surface area contributed by atoms with E-state index in [1.807, 2.05) is 0 Å². The van der Waals surface area contributed by atoms with Crippen LogP contribution in [0.4, 0.5) is 10.5 Å². The molecule has 0 saturated carbocycles. The number of aromatic nitrogens is 1. The number of carbonyl (C=O) groups excluding carboxylic acids is 1. The molecule has 5 nitrogen and oxygen atoms in total. The molecule has 2 heterocycles. The Kier molecular flexibility index (Phi) is 6.80. The molecule has 0 radical (unpaired) electrons. The van der Waals surface area contributed by atoms with Gasteiger partial charge < -0.3 is 19.9 Å². The third kappa shape index (κ3) is 4.65. The second-order valence-electron chi connectivity index (χ2n) is 9.99. The fraction of sp³-hybridized carbons (Fsp3) is 0.464. The number of rotatable bonds is 6. The molecule has 33 heavy (non-hydrogen) atoms. The van der Waals surface area contributed by atoms with Crippen LogP contribution in [0.2, 0.25) is 0 Å². The van der Waals surface area contributed by atoms with Crippen molar-refractivity contribution >= 4 is 22.6 Å². The maximum atomic E-state index is 13.2. The minimum absolute atomic E-state index is 0.142. The summed E-state index contributed by atoms with van der Waals surface area (Å²) in [5.41, 5.74) is 5.67. The topological polar surface area (TPSA) is 55.3 Å². The van der Waals surface area contributed by atoms with Gasteiger partial charge in [-0.3, -0.25) is 0 Å². The number of anilines is 1. The lowest BCUT2D eigenvalue weighted by Gasteiger charge is -2.37. The highest BCUT2D eigenvalue weighted by atomic mass is 16.5. The van der Waals surface area contributed by atoms with Crippen molar-refractivity contribution in [2.24, 2.45) is 7.05 Å². The number of urea groups is 1. The monoisotopic (exact) mass is 447 g/mol. The second kappa shape index (κ2) is 9.60. The van der Waals surface area contributed by atoms with Crippen molar-refractivity contribution in [3.8, 4) is 0 Å². The van der Waals surface area contributed by atoms with Gasteiger partial charge in [0.25, 0.3) is 0 Å². The molecule has 176 valence electrons. The number of nitrogens with one attached hydrogen (secondary N) is 2. The van der Waals surface area contributed by atoms with Crippen molar-refractivity contribution < 1.29 is 9.53 Å². The molecule has 4 rings (SSSR count). The summed E-state index contributed by atoms with van der Waals surface area (Å²) in [5, 5.41) is 7.70. The first-order valence-corrected chi connectivity index (χ1v) is 12.1. The zero-order valence-electron chi connectivity index (χ0n) is 20.6. The van der Waals surface area contributed by atoms with Gasteiger partial charge in [-0.05, 0) is 47.4 Å². The lowest BCUT2D eigenvalue weighted by molar-refractivity contribution is 0.0513. The molecule has 1 fully saturated rings. The zero-order valence-corrected chi connectivity index (χ0v) is 20.6. The Hall–Kier alpha value is -2.79. The molecule has 2 N–H and O–H groups in total. The van der Waals surface area contributed by atoms with E-state index in [-0.39, 0.29) is 11.4 Å². The van der Waals surface area contributed by atoms with Crippen LogP contribution in [0.5, 0.6) is 0 Å². The summed E-state index contributed by atoms with van der Waals surface area (Å²) in [5.74, 6) is 0.660. The minimum atomic E-state index is -0.144. The van der Waals surface area contributed by atoms with Crippen LogP contribution in [0.15, 0.2) is 48.7 Å². The molecule has 1 aliphatic rings. The maximum absolute atomic E-state index is 13.2. The van der Waals surface area contributed by atoms with Gasteiger partial charge in [0, 0.05) is 55.0 Å². The molecular weight excluding hydrogens is 410 g/mol. The van der Waals surface area contributed by atoms with E-state index < -0.39 is 0 Å². The van der Waals surface area contributed by atoms with E-state index in [4.69, 9.17) is 4.74 Å². The third-order valence-electron chi connectivity index (χ3n) is 7.12. The average molecular weight is 448 g/mol. The Balaban J connectivity index is 1.60. The highest BCUT2D eigenvalue weighted by Gasteiger charge is 2.37. The number of aryl methyl sites for hydroxylation is 1. The van der Waals surface area contributed by atoms with Crippen LogP contribution >= 0.6 is 0 Å². The van der Waals surface area contributed by atoms with Crippen molar-refractivity contribution in [2.45, 2.75) is 57.8 Å². The number of amides is 2. The maximum Gasteiger partial charge on any atom is 0.319 e. The van der Waals surface area contributed by atoms with Crippen molar-refractivity contribution in [3.63, 3.8) is 0 Å². The van der Waals surface area contributed by atoms with Gasteiger partial charge in [0.1, 0.15) is 0 Å². The van der Waals surface area contributed by atoms with Crippen LogP contribution in [0, 0.1) is 0 Å². The fourth-order valence-corrected chi connectivity index (χ4v) is 5.17. The van der Waals surface area contributed by atoms with Crippen molar-refractivity contribution in [1.29, 1.82) is 0 Å². The number of hydrogen-bond acceptors (Lipinski definition) is 2. The van der Waals surface area contributed by atoms with Gasteiger partial charge in [-0.1, -0.05) is 64.1 Å². The van der Waals surface area contributed by atoms with Crippen LogP contribution in [0.3, 0.4) is 0 Å². The van der Waals surface area contributed by atoms with E-state index in [9.17, 15) is 4.79 Å². The Labute approximate surface area is 197 Å². The lowest BCUT2D eigenvalue weighted by Crippen LogP contribution is -2.45. The molecule has 1 saturated heterocycles. The number of ether oxygens (including phenoxy) is 1. The standard InChI is InChI=1S/C28H37N3O2/c1-19(2)21-10-8-11-22(20(3)4)26(21)30-27(32)29-18-28(13-15-33-16-14-28)24-17-31(5)25-12-7-6-9-23(24)25/h6-12,17,19-20H,13-16,18H2,1-5H3,(H2,29,30,32). The number of para-hydroxylation sites is 2. The van der Waals surface area contributed by atoms with E-state index in [2.05, 4.69) is 98.6 Å². The van der Waals surface area contributed by atoms with E-state index in [1.54, 1.807) is 0 Å². The van der Waals surface area contributed by atoms with Crippen molar-refractivity contribution in [1.82, 2.24) is 9.88 Å². The van der Waals surface area contributed by atoms with Gasteiger partial charge in [-0.25, -0.2) is 4.79 Å². The highest BCUT2D eigenvalue weighted by Crippen LogP contribution is 2.39. The lowest BCUT2D eigenvalue weighted by atomic mass is 9.74. The summed E-state index contributed by atoms with van der Waals surface area (Å²) in [7, 11) is 2.09. The molecule has 1 aliphatic heterocycles. The summed E-state index contributed by atoms with van der Waals surface area (Å²) in [6.07, 6.45) is 4.02. The molecule has 0 bridgehead atoms. The first-order chi connectivity index (χ1) is 15.8. The molecule has 0 atom stereocenters. The predicted molar refractivity (Wildman–Crippen MR) is 136 cm³/mol. The van der Waals surface area contributed by atoms with Crippen LogP contribution < -0.4 is 10.6 Å². The van der Waals surface area contributed by atoms with Crippen LogP contribution in [0.1, 0.15) is 69.1 Å². The molecule has 5 heteroatoms. The summed E-state index contributed by atoms with van der Waals surface area (Å²) in [6.45, 7) is 10.7. The van der Waals surface area contributed by atoms with Gasteiger partial charge in [0.05, 0.1) is 0 Å². The van der Waals surface area contributed by atoms with Crippen LogP contribution in [-0.2, 0) is 17.2 Å². The Morgan fingerprint density at radius 2 is 1.64 bits per heavy atom. The molecule has 1 aromatic heterocycles. The number of hydrogen-bond donors (Lipinski definition) is 2. The second-order valence-corrected chi connectivity index (χ2v) is 9.99. The number of nitrogens with zero attached hydrogens (tertiary/aromatic N) is 1. The van der Waals surface area contributed by atoms with Gasteiger partial charge in [0.15, 0.2) is 0 Å². The van der Waals surface area contributed by atoms with E-state index in [0.717, 1.165) is 18.5 Å². The van der Waals surface area contributed by atoms with Gasteiger partial charge in [-0.15, -0.1) is 0 Å². The molecular formula is C28H37N3O2. The summed E-state index contributed by atoms with van der Waals surface area (Å²) in [4.78, 5) is 13.2. The molecule has 0 unspecified atom stereocenters. The molecule has 2 amide bonds. The fourth-order valence-electron chi connectivity index (χ4n) is 5.17. The van der Waals surface area contributed by atoms with Crippen molar-refractivity contribution in [2.75, 3.05) is 25.1 Å². The normalized spacial score (nSPS) is 15.8. The average Bonchev–Trinajstić information content (AvgIpc) is 3.15. The van der Waals surface area contributed by atoms with Crippen LogP contribution in [-0.4, -0.2) is 30.4 Å². The van der Waals surface area contributed by atoms with E-state index >= 15 is 0 Å². The summed E-state index contributed by atoms with van der Waals surface area (Å²) in [6, 6.07) is 14.7. The quantitative estimate of drug-likeness (QED) is 0.466. The summed E-state index contributed by atoms with van der Waals surface area (Å²) >= 11 is 0. The van der Waals surface area contributed by atoms with Crippen molar-refractivity contribution in [3.05, 3.63) is 65.4 Å². The first kappa shape index (κ1) is 23.4. The minimum Gasteiger partial charge on any atom is -0.381 e. The molecule has 0 aliphatic carbocycles. The van der Waals surface area contributed by atoms with E-state index in [0.29, 0.717) is 31.6 Å². The Morgan fingerprint density at radius 3 is 2.27 bits per heavy atom.